The van der Waals surface area contributed by atoms with Crippen LogP contribution in [0.15, 0.2) is 22.8 Å². The zero-order valence-electron chi connectivity index (χ0n) is 9.87. The lowest BCUT2D eigenvalue weighted by molar-refractivity contribution is 0.110. The van der Waals surface area contributed by atoms with Crippen LogP contribution < -0.4 is 5.32 Å². The first-order chi connectivity index (χ1) is 7.68. The third-order valence-corrected chi connectivity index (χ3v) is 2.38. The SMILES string of the molecule is CC(C)COCCCNc1cccc(Br)n1. The van der Waals surface area contributed by atoms with Gasteiger partial charge in [-0.2, -0.15) is 0 Å². The molecule has 0 radical (unpaired) electrons. The van der Waals surface area contributed by atoms with Crippen LogP contribution in [0.5, 0.6) is 0 Å². The van der Waals surface area contributed by atoms with Crippen LogP contribution in [0.25, 0.3) is 0 Å². The van der Waals surface area contributed by atoms with E-state index in [0.717, 1.165) is 36.6 Å². The molecule has 0 bridgehead atoms. The summed E-state index contributed by atoms with van der Waals surface area (Å²) >= 11 is 3.34. The summed E-state index contributed by atoms with van der Waals surface area (Å²) in [5.41, 5.74) is 0. The summed E-state index contributed by atoms with van der Waals surface area (Å²) in [5.74, 6) is 1.51. The number of aromatic nitrogens is 1. The number of nitrogens with one attached hydrogen (secondary N) is 1. The molecule has 1 rings (SSSR count). The molecule has 1 aromatic heterocycles. The smallest absolute Gasteiger partial charge is 0.127 e. The Labute approximate surface area is 106 Å². The van der Waals surface area contributed by atoms with Crippen molar-refractivity contribution >= 4 is 21.7 Å². The minimum absolute atomic E-state index is 0.611. The van der Waals surface area contributed by atoms with E-state index in [1.165, 1.54) is 0 Å². The van der Waals surface area contributed by atoms with Crippen LogP contribution in [0, 0.1) is 5.92 Å². The number of anilines is 1. The Balaban J connectivity index is 2.07. The lowest BCUT2D eigenvalue weighted by Gasteiger charge is -2.08. The molecule has 1 heterocycles. The molecule has 1 aromatic rings. The number of pyridine rings is 1. The average Bonchev–Trinajstić information content (AvgIpc) is 2.23. The molecule has 16 heavy (non-hydrogen) atoms. The van der Waals surface area contributed by atoms with E-state index in [4.69, 9.17) is 4.74 Å². The van der Waals surface area contributed by atoms with Crippen molar-refractivity contribution in [3.8, 4) is 0 Å². The second-order valence-corrected chi connectivity index (χ2v) is 4.91. The van der Waals surface area contributed by atoms with Crippen molar-refractivity contribution in [3.63, 3.8) is 0 Å². The lowest BCUT2D eigenvalue weighted by atomic mass is 10.2. The first kappa shape index (κ1) is 13.5. The molecular weight excluding hydrogens is 268 g/mol. The number of hydrogen-bond acceptors (Lipinski definition) is 3. The molecule has 0 aromatic carbocycles. The summed E-state index contributed by atoms with van der Waals surface area (Å²) in [6.45, 7) is 6.85. The molecule has 3 nitrogen and oxygen atoms in total. The van der Waals surface area contributed by atoms with Crippen molar-refractivity contribution in [2.24, 2.45) is 5.92 Å². The van der Waals surface area contributed by atoms with Gasteiger partial charge in [0.15, 0.2) is 0 Å². The Bertz CT molecular complexity index is 305. The quantitative estimate of drug-likeness (QED) is 0.617. The summed E-state index contributed by atoms with van der Waals surface area (Å²) in [6.07, 6.45) is 1.00. The van der Waals surface area contributed by atoms with Gasteiger partial charge in [-0.3, -0.25) is 0 Å². The highest BCUT2D eigenvalue weighted by molar-refractivity contribution is 9.10. The van der Waals surface area contributed by atoms with Gasteiger partial charge in [0.05, 0.1) is 0 Å². The molecule has 0 fully saturated rings. The largest absolute Gasteiger partial charge is 0.381 e. The minimum atomic E-state index is 0.611. The van der Waals surface area contributed by atoms with Gasteiger partial charge in [0.25, 0.3) is 0 Å². The molecule has 0 unspecified atom stereocenters. The Hall–Kier alpha value is -0.610. The first-order valence-corrected chi connectivity index (χ1v) is 6.42. The molecule has 4 heteroatoms. The summed E-state index contributed by atoms with van der Waals surface area (Å²) in [4.78, 5) is 4.28. The molecule has 0 saturated carbocycles. The Morgan fingerprint density at radius 2 is 2.25 bits per heavy atom. The van der Waals surface area contributed by atoms with Gasteiger partial charge in [-0.05, 0) is 40.4 Å². The second-order valence-electron chi connectivity index (χ2n) is 4.09. The van der Waals surface area contributed by atoms with Crippen LogP contribution in [0.2, 0.25) is 0 Å². The Kier molecular flexibility index (Phi) is 6.42. The van der Waals surface area contributed by atoms with Crippen molar-refractivity contribution < 1.29 is 4.74 Å². The fourth-order valence-corrected chi connectivity index (χ4v) is 1.56. The number of hydrogen-bond donors (Lipinski definition) is 1. The number of ether oxygens (including phenoxy) is 1. The zero-order chi connectivity index (χ0) is 11.8. The van der Waals surface area contributed by atoms with Crippen LogP contribution in [0.1, 0.15) is 20.3 Å². The van der Waals surface area contributed by atoms with Gasteiger partial charge in [-0.1, -0.05) is 19.9 Å². The van der Waals surface area contributed by atoms with Crippen molar-refractivity contribution in [3.05, 3.63) is 22.8 Å². The van der Waals surface area contributed by atoms with E-state index < -0.39 is 0 Å². The van der Waals surface area contributed by atoms with Crippen molar-refractivity contribution in [2.75, 3.05) is 25.1 Å². The monoisotopic (exact) mass is 286 g/mol. The van der Waals surface area contributed by atoms with Crippen LogP contribution in [-0.2, 0) is 4.74 Å². The molecule has 0 saturated heterocycles. The van der Waals surface area contributed by atoms with E-state index >= 15 is 0 Å². The third-order valence-electron chi connectivity index (χ3n) is 1.94. The van der Waals surface area contributed by atoms with E-state index in [9.17, 15) is 0 Å². The van der Waals surface area contributed by atoms with E-state index in [1.54, 1.807) is 0 Å². The molecule has 0 amide bonds. The van der Waals surface area contributed by atoms with E-state index in [1.807, 2.05) is 18.2 Å². The third kappa shape index (κ3) is 6.08. The number of halogens is 1. The van der Waals surface area contributed by atoms with Crippen LogP contribution >= 0.6 is 15.9 Å². The van der Waals surface area contributed by atoms with Gasteiger partial charge in [-0.25, -0.2) is 4.98 Å². The summed E-state index contributed by atoms with van der Waals surface area (Å²) in [5, 5.41) is 3.25. The maximum atomic E-state index is 5.49. The van der Waals surface area contributed by atoms with E-state index in [0.29, 0.717) is 5.92 Å². The number of rotatable bonds is 7. The van der Waals surface area contributed by atoms with E-state index in [2.05, 4.69) is 40.1 Å². The lowest BCUT2D eigenvalue weighted by Crippen LogP contribution is -2.09. The summed E-state index contributed by atoms with van der Waals surface area (Å²) in [6, 6.07) is 5.84. The Morgan fingerprint density at radius 3 is 2.94 bits per heavy atom. The molecule has 0 spiro atoms. The predicted molar refractivity (Wildman–Crippen MR) is 70.7 cm³/mol. The second kappa shape index (κ2) is 7.63. The molecule has 0 atom stereocenters. The van der Waals surface area contributed by atoms with Crippen LogP contribution in [-0.4, -0.2) is 24.7 Å². The fraction of sp³-hybridized carbons (Fsp3) is 0.583. The molecule has 0 aliphatic rings. The van der Waals surface area contributed by atoms with Gasteiger partial charge in [-0.15, -0.1) is 0 Å². The van der Waals surface area contributed by atoms with Crippen LogP contribution in [0.3, 0.4) is 0 Å². The molecular formula is C12H19BrN2O. The van der Waals surface area contributed by atoms with Crippen molar-refractivity contribution in [1.29, 1.82) is 0 Å². The highest BCUT2D eigenvalue weighted by atomic mass is 79.9. The van der Waals surface area contributed by atoms with Gasteiger partial charge in [0.2, 0.25) is 0 Å². The predicted octanol–water partition coefficient (Wildman–Crippen LogP) is 3.32. The van der Waals surface area contributed by atoms with Gasteiger partial charge in [0, 0.05) is 19.8 Å². The van der Waals surface area contributed by atoms with Crippen molar-refractivity contribution in [1.82, 2.24) is 4.98 Å². The Morgan fingerprint density at radius 1 is 1.44 bits per heavy atom. The summed E-state index contributed by atoms with van der Waals surface area (Å²) < 4.78 is 6.34. The zero-order valence-corrected chi connectivity index (χ0v) is 11.5. The van der Waals surface area contributed by atoms with Gasteiger partial charge >= 0.3 is 0 Å². The molecule has 1 N–H and O–H groups in total. The van der Waals surface area contributed by atoms with Crippen LogP contribution in [0.4, 0.5) is 5.82 Å². The normalized spacial score (nSPS) is 10.8. The standard InChI is InChI=1S/C12H19BrN2O/c1-10(2)9-16-8-4-7-14-12-6-3-5-11(13)15-12/h3,5-6,10H,4,7-9H2,1-2H3,(H,14,15). The van der Waals surface area contributed by atoms with Gasteiger partial charge in [0.1, 0.15) is 10.4 Å². The molecule has 0 aliphatic carbocycles. The minimum Gasteiger partial charge on any atom is -0.381 e. The van der Waals surface area contributed by atoms with Crippen molar-refractivity contribution in [2.45, 2.75) is 20.3 Å². The topological polar surface area (TPSA) is 34.1 Å². The average molecular weight is 287 g/mol. The molecule has 0 aliphatic heterocycles. The number of nitrogens with zero attached hydrogens (tertiary/aromatic N) is 1. The fourth-order valence-electron chi connectivity index (χ4n) is 1.22. The maximum absolute atomic E-state index is 5.49. The summed E-state index contributed by atoms with van der Waals surface area (Å²) in [7, 11) is 0. The maximum Gasteiger partial charge on any atom is 0.127 e. The highest BCUT2D eigenvalue weighted by Crippen LogP contribution is 2.09. The first-order valence-electron chi connectivity index (χ1n) is 5.62. The van der Waals surface area contributed by atoms with Gasteiger partial charge < -0.3 is 10.1 Å². The van der Waals surface area contributed by atoms with E-state index in [-0.39, 0.29) is 0 Å². The molecule has 90 valence electrons. The highest BCUT2D eigenvalue weighted by Gasteiger charge is 1.95.